The zero-order chi connectivity index (χ0) is 30.8. The van der Waals surface area contributed by atoms with Crippen LogP contribution in [0.1, 0.15) is 39.9 Å². The van der Waals surface area contributed by atoms with Crippen molar-refractivity contribution < 1.29 is 53.5 Å². The molecule has 0 bridgehead atoms. The lowest BCUT2D eigenvalue weighted by atomic mass is 9.95. The summed E-state index contributed by atoms with van der Waals surface area (Å²) in [7, 11) is 0.768. The molecule has 0 aliphatic heterocycles. The predicted octanol–water partition coefficient (Wildman–Crippen LogP) is 8.03. The Labute approximate surface area is 237 Å². The minimum Gasteiger partial charge on any atom is -0.341 e. The molecule has 40 heavy (non-hydrogen) atoms. The van der Waals surface area contributed by atoms with Gasteiger partial charge in [-0.15, -0.1) is 0 Å². The van der Waals surface area contributed by atoms with Gasteiger partial charge in [-0.05, 0) is 48.9 Å². The second-order valence-electron chi connectivity index (χ2n) is 8.50. The molecule has 2 aromatic rings. The van der Waals surface area contributed by atoms with Crippen molar-refractivity contribution in [1.82, 2.24) is 10.2 Å². The van der Waals surface area contributed by atoms with Crippen LogP contribution >= 0.6 is 31.9 Å². The first-order valence-electron chi connectivity index (χ1n) is 10.8. The van der Waals surface area contributed by atoms with E-state index in [1.165, 1.54) is 6.07 Å². The van der Waals surface area contributed by atoms with Gasteiger partial charge in [0.15, 0.2) is 0 Å². The van der Waals surface area contributed by atoms with Crippen LogP contribution in [0.5, 0.6) is 0 Å². The van der Waals surface area contributed by atoms with Crippen molar-refractivity contribution in [3.63, 3.8) is 0 Å². The molecular weight excluding hydrogens is 698 g/mol. The number of likely N-dealkylation sites (N-methyl/N-ethyl adjacent to an activating group) is 1. The van der Waals surface area contributed by atoms with E-state index in [4.69, 9.17) is 0 Å². The molecule has 16 heteroatoms. The number of halogens is 12. The van der Waals surface area contributed by atoms with Crippen molar-refractivity contribution >= 4 is 49.5 Å². The van der Waals surface area contributed by atoms with Gasteiger partial charge in [-0.1, -0.05) is 37.9 Å². The molecule has 2 atom stereocenters. The van der Waals surface area contributed by atoms with E-state index in [0.29, 0.717) is 12.1 Å². The molecular formula is C24H18Br2F10N2O2. The highest BCUT2D eigenvalue weighted by Gasteiger charge is 2.41. The van der Waals surface area contributed by atoms with E-state index >= 15 is 0 Å². The van der Waals surface area contributed by atoms with E-state index in [0.717, 1.165) is 26.1 Å². The zero-order valence-corrected chi connectivity index (χ0v) is 23.4. The van der Waals surface area contributed by atoms with Gasteiger partial charge in [0.25, 0.3) is 5.91 Å². The van der Waals surface area contributed by atoms with E-state index in [9.17, 15) is 53.5 Å². The van der Waals surface area contributed by atoms with Crippen LogP contribution in [0.2, 0.25) is 0 Å². The molecule has 0 fully saturated rings. The zero-order valence-electron chi connectivity index (χ0n) is 20.2. The minimum absolute atomic E-state index is 0.0840. The fourth-order valence-electron chi connectivity index (χ4n) is 3.52. The molecule has 0 aliphatic carbocycles. The molecule has 0 heterocycles. The van der Waals surface area contributed by atoms with Crippen LogP contribution in [0, 0.1) is 0 Å². The van der Waals surface area contributed by atoms with Gasteiger partial charge in [-0.3, -0.25) is 9.59 Å². The Morgan fingerprint density at radius 2 is 1.50 bits per heavy atom. The maximum atomic E-state index is 15.0. The predicted molar refractivity (Wildman–Crippen MR) is 132 cm³/mol. The van der Waals surface area contributed by atoms with Crippen LogP contribution in [0.25, 0.3) is 5.83 Å². The van der Waals surface area contributed by atoms with E-state index in [2.05, 4.69) is 31.9 Å². The number of nitrogens with one attached hydrogen (secondary N) is 1. The maximum absolute atomic E-state index is 15.0. The van der Waals surface area contributed by atoms with Crippen molar-refractivity contribution in [2.24, 2.45) is 0 Å². The van der Waals surface area contributed by atoms with Crippen LogP contribution in [-0.4, -0.2) is 48.7 Å². The minimum atomic E-state index is -5.30. The molecule has 0 aromatic heterocycles. The second-order valence-corrected chi connectivity index (χ2v) is 10.3. The maximum Gasteiger partial charge on any atom is 0.417 e. The van der Waals surface area contributed by atoms with Crippen LogP contribution in [0.3, 0.4) is 0 Å². The summed E-state index contributed by atoms with van der Waals surface area (Å²) in [5, 5.41) is 1.84. The first-order chi connectivity index (χ1) is 18.1. The molecule has 0 spiro atoms. The lowest BCUT2D eigenvalue weighted by Crippen LogP contribution is -2.48. The highest BCUT2D eigenvalue weighted by Crippen LogP contribution is 2.41. The molecule has 0 saturated carbocycles. The smallest absolute Gasteiger partial charge is 0.341 e. The van der Waals surface area contributed by atoms with Gasteiger partial charge in [-0.2, -0.15) is 39.5 Å². The number of hydrogen-bond donors (Lipinski definition) is 1. The molecule has 2 unspecified atom stereocenters. The van der Waals surface area contributed by atoms with Crippen molar-refractivity contribution in [2.75, 3.05) is 13.6 Å². The third-order valence-electron chi connectivity index (χ3n) is 5.27. The van der Waals surface area contributed by atoms with Crippen molar-refractivity contribution in [2.45, 2.75) is 37.4 Å². The number of amides is 2. The van der Waals surface area contributed by atoms with Gasteiger partial charge in [0, 0.05) is 21.6 Å². The molecule has 1 N–H and O–H groups in total. The molecule has 0 radical (unpaired) electrons. The highest BCUT2D eigenvalue weighted by molar-refractivity contribution is 9.11. The second kappa shape index (κ2) is 12.5. The Morgan fingerprint density at radius 1 is 0.950 bits per heavy atom. The number of benzene rings is 2. The molecule has 2 amide bonds. The summed E-state index contributed by atoms with van der Waals surface area (Å²) in [4.78, 5) is 24.8. The lowest BCUT2D eigenvalue weighted by Gasteiger charge is -2.23. The van der Waals surface area contributed by atoms with E-state index in [-0.39, 0.29) is 26.0 Å². The number of rotatable bonds is 7. The summed E-state index contributed by atoms with van der Waals surface area (Å²) < 4.78 is 135. The molecule has 220 valence electrons. The van der Waals surface area contributed by atoms with Crippen LogP contribution < -0.4 is 5.32 Å². The Hall–Kier alpha value is -2.62. The van der Waals surface area contributed by atoms with Crippen LogP contribution in [0.15, 0.2) is 51.4 Å². The number of carbonyl (C=O) groups excluding carboxylic acids is 2. The standard InChI is InChI=1S/C24H18Br2F10N2O2/c1-11(21(40)38(2)10-22(28,29)30)37-20(39)16-4-3-12(7-18(16)24(34,35)36)19(27)9-17(23(31,32)33)13-5-14(25)8-15(26)6-13/h3-9,11,17H,10H2,1-2H3,(H,37,39)/b19-9-. The number of hydrogen-bond acceptors (Lipinski definition) is 2. The fraction of sp³-hybridized carbons (Fsp3) is 0.333. The Balaban J connectivity index is 2.45. The summed E-state index contributed by atoms with van der Waals surface area (Å²) >= 11 is 6.02. The lowest BCUT2D eigenvalue weighted by molar-refractivity contribution is -0.159. The van der Waals surface area contributed by atoms with E-state index < -0.39 is 76.9 Å². The molecule has 4 nitrogen and oxygen atoms in total. The summed E-state index contributed by atoms with van der Waals surface area (Å²) in [6, 6.07) is 3.06. The summed E-state index contributed by atoms with van der Waals surface area (Å²) in [6.07, 6.45) is -15.0. The number of allylic oxidation sites excluding steroid dienone is 1. The number of alkyl halides is 9. The van der Waals surface area contributed by atoms with E-state index in [1.54, 1.807) is 0 Å². The monoisotopic (exact) mass is 714 g/mol. The molecule has 2 rings (SSSR count). The van der Waals surface area contributed by atoms with Gasteiger partial charge in [0.2, 0.25) is 5.91 Å². The molecule has 0 saturated heterocycles. The Morgan fingerprint density at radius 3 is 1.98 bits per heavy atom. The molecule has 2 aromatic carbocycles. The normalized spacial score (nSPS) is 14.5. The van der Waals surface area contributed by atoms with Crippen molar-refractivity contribution in [1.29, 1.82) is 0 Å². The third kappa shape index (κ3) is 9.21. The first kappa shape index (κ1) is 33.6. The summed E-state index contributed by atoms with van der Waals surface area (Å²) in [5.74, 6) is -7.02. The van der Waals surface area contributed by atoms with Gasteiger partial charge < -0.3 is 10.2 Å². The molecule has 0 aliphatic rings. The number of carbonyl (C=O) groups is 2. The summed E-state index contributed by atoms with van der Waals surface area (Å²) in [6.45, 7) is -0.745. The SMILES string of the molecule is CC(NC(=O)c1ccc(/C(F)=C/C(c2cc(Br)cc(Br)c2)C(F)(F)F)cc1C(F)(F)F)C(=O)N(C)CC(F)(F)F. The van der Waals surface area contributed by atoms with Gasteiger partial charge in [0.05, 0.1) is 11.1 Å². The largest absolute Gasteiger partial charge is 0.417 e. The number of nitrogens with zero attached hydrogens (tertiary/aromatic N) is 1. The summed E-state index contributed by atoms with van der Waals surface area (Å²) in [5.41, 5.74) is -4.24. The third-order valence-corrected chi connectivity index (χ3v) is 6.18. The highest BCUT2D eigenvalue weighted by atomic mass is 79.9. The average molecular weight is 716 g/mol. The van der Waals surface area contributed by atoms with Crippen molar-refractivity contribution in [3.05, 3.63) is 73.7 Å². The van der Waals surface area contributed by atoms with Crippen molar-refractivity contribution in [3.8, 4) is 0 Å². The van der Waals surface area contributed by atoms with Gasteiger partial charge in [0.1, 0.15) is 24.3 Å². The quantitative estimate of drug-likeness (QED) is 0.296. The first-order valence-corrected chi connectivity index (χ1v) is 12.4. The fourth-order valence-corrected chi connectivity index (χ4v) is 4.84. The Kier molecular flexibility index (Phi) is 10.5. The van der Waals surface area contributed by atoms with Crippen LogP contribution in [0.4, 0.5) is 43.9 Å². The van der Waals surface area contributed by atoms with Gasteiger partial charge >= 0.3 is 18.5 Å². The topological polar surface area (TPSA) is 49.4 Å². The van der Waals surface area contributed by atoms with Gasteiger partial charge in [-0.25, -0.2) is 4.39 Å². The van der Waals surface area contributed by atoms with E-state index in [1.807, 2.05) is 5.32 Å². The average Bonchev–Trinajstić information content (AvgIpc) is 2.78. The van der Waals surface area contributed by atoms with Crippen LogP contribution in [-0.2, 0) is 11.0 Å². The Bertz CT molecular complexity index is 1270.